The van der Waals surface area contributed by atoms with Gasteiger partial charge in [-0.2, -0.15) is 0 Å². The van der Waals surface area contributed by atoms with Gasteiger partial charge in [0.1, 0.15) is 0 Å². The van der Waals surface area contributed by atoms with Crippen molar-refractivity contribution in [3.63, 3.8) is 0 Å². The van der Waals surface area contributed by atoms with E-state index in [1.54, 1.807) is 0 Å². The van der Waals surface area contributed by atoms with E-state index in [0.717, 1.165) is 32.4 Å². The Morgan fingerprint density at radius 1 is 1.12 bits per heavy atom. The highest BCUT2D eigenvalue weighted by atomic mass is 16.4. The Bertz CT molecular complexity index is 688. The lowest BCUT2D eigenvalue weighted by Crippen LogP contribution is -2.48. The molecule has 2 heterocycles. The van der Waals surface area contributed by atoms with Gasteiger partial charge in [0.15, 0.2) is 0 Å². The van der Waals surface area contributed by atoms with Gasteiger partial charge in [0, 0.05) is 39.0 Å². The second-order valence-electron chi connectivity index (χ2n) is 6.54. The van der Waals surface area contributed by atoms with Crippen LogP contribution in [0.1, 0.15) is 36.8 Å². The van der Waals surface area contributed by atoms with Gasteiger partial charge >= 0.3 is 6.01 Å². The third-order valence-electron chi connectivity index (χ3n) is 4.64. The van der Waals surface area contributed by atoms with Crippen molar-refractivity contribution < 1.29 is 9.21 Å². The van der Waals surface area contributed by atoms with Gasteiger partial charge in [-0.3, -0.25) is 4.79 Å². The number of carbonyl (C=O) groups excluding carboxylic acids is 1. The molecule has 6 heteroatoms. The second kappa shape index (κ2) is 8.14. The minimum absolute atomic E-state index is 0.242. The zero-order valence-corrected chi connectivity index (χ0v) is 15.1. The molecule has 0 spiro atoms. The molecule has 2 aromatic rings. The van der Waals surface area contributed by atoms with Crippen LogP contribution in [0.2, 0.25) is 0 Å². The number of piperazine rings is 1. The summed E-state index contributed by atoms with van der Waals surface area (Å²) in [6.07, 6.45) is 3.19. The fraction of sp³-hybridized carbons (Fsp3) is 0.526. The first-order valence-corrected chi connectivity index (χ1v) is 9.06. The predicted octanol–water partition coefficient (Wildman–Crippen LogP) is 2.61. The van der Waals surface area contributed by atoms with Crippen LogP contribution in [-0.2, 0) is 17.6 Å². The van der Waals surface area contributed by atoms with Crippen molar-refractivity contribution in [2.24, 2.45) is 0 Å². The van der Waals surface area contributed by atoms with Gasteiger partial charge in [-0.15, -0.1) is 5.10 Å². The summed E-state index contributed by atoms with van der Waals surface area (Å²) in [5, 5.41) is 8.08. The summed E-state index contributed by atoms with van der Waals surface area (Å²) < 4.78 is 5.59. The van der Waals surface area contributed by atoms with Crippen LogP contribution in [0.15, 0.2) is 28.7 Å². The molecule has 134 valence electrons. The largest absolute Gasteiger partial charge is 0.408 e. The Morgan fingerprint density at radius 3 is 2.48 bits per heavy atom. The third-order valence-corrected chi connectivity index (χ3v) is 4.64. The molecular weight excluding hydrogens is 316 g/mol. The van der Waals surface area contributed by atoms with Crippen molar-refractivity contribution >= 4 is 11.9 Å². The summed E-state index contributed by atoms with van der Waals surface area (Å²) in [5.41, 5.74) is 2.57. The lowest BCUT2D eigenvalue weighted by Gasteiger charge is -2.33. The molecule has 0 aliphatic carbocycles. The third kappa shape index (κ3) is 4.59. The zero-order valence-electron chi connectivity index (χ0n) is 15.1. The number of hydrogen-bond acceptors (Lipinski definition) is 5. The average Bonchev–Trinajstić information content (AvgIpc) is 3.13. The van der Waals surface area contributed by atoms with Gasteiger partial charge in [0.2, 0.25) is 11.8 Å². The predicted molar refractivity (Wildman–Crippen MR) is 96.6 cm³/mol. The summed E-state index contributed by atoms with van der Waals surface area (Å²) in [5.74, 6) is 0.899. The summed E-state index contributed by atoms with van der Waals surface area (Å²) in [6, 6.07) is 9.11. The molecule has 1 fully saturated rings. The molecule has 0 bridgehead atoms. The van der Waals surface area contributed by atoms with E-state index >= 15 is 0 Å². The second-order valence-corrected chi connectivity index (χ2v) is 6.54. The SMILES string of the molecule is CCc1nnc(N2CCN(C(=O)CCCc3ccc(C)cc3)CC2)o1. The minimum atomic E-state index is 0.242. The molecule has 1 saturated heterocycles. The number of carbonyl (C=O) groups is 1. The number of hydrogen-bond donors (Lipinski definition) is 0. The number of amides is 1. The first-order chi connectivity index (χ1) is 12.2. The van der Waals surface area contributed by atoms with E-state index in [-0.39, 0.29) is 5.91 Å². The molecule has 1 aliphatic rings. The summed E-state index contributed by atoms with van der Waals surface area (Å²) >= 11 is 0. The van der Waals surface area contributed by atoms with Crippen LogP contribution < -0.4 is 4.90 Å². The van der Waals surface area contributed by atoms with E-state index in [1.807, 2.05) is 11.8 Å². The molecule has 0 saturated carbocycles. The topological polar surface area (TPSA) is 62.5 Å². The van der Waals surface area contributed by atoms with E-state index < -0.39 is 0 Å². The molecule has 3 rings (SSSR count). The van der Waals surface area contributed by atoms with Gasteiger partial charge in [-0.25, -0.2) is 0 Å². The Morgan fingerprint density at radius 2 is 1.84 bits per heavy atom. The lowest BCUT2D eigenvalue weighted by atomic mass is 10.1. The van der Waals surface area contributed by atoms with E-state index in [1.165, 1.54) is 11.1 Å². The molecule has 1 aliphatic heterocycles. The fourth-order valence-electron chi connectivity index (χ4n) is 3.02. The molecule has 1 amide bonds. The van der Waals surface area contributed by atoms with Crippen LogP contribution in [0.3, 0.4) is 0 Å². The molecule has 0 N–H and O–H groups in total. The van der Waals surface area contributed by atoms with Crippen molar-refractivity contribution in [2.45, 2.75) is 39.5 Å². The normalized spacial score (nSPS) is 14.8. The van der Waals surface area contributed by atoms with Crippen LogP contribution in [-0.4, -0.2) is 47.2 Å². The molecule has 25 heavy (non-hydrogen) atoms. The zero-order chi connectivity index (χ0) is 17.6. The number of nitrogens with zero attached hydrogens (tertiary/aromatic N) is 4. The van der Waals surface area contributed by atoms with Crippen molar-refractivity contribution in [3.8, 4) is 0 Å². The van der Waals surface area contributed by atoms with Gasteiger partial charge in [-0.05, 0) is 25.3 Å². The first kappa shape index (κ1) is 17.5. The summed E-state index contributed by atoms with van der Waals surface area (Å²) in [6.45, 7) is 7.00. The van der Waals surface area contributed by atoms with E-state index in [2.05, 4.69) is 46.3 Å². The highest BCUT2D eigenvalue weighted by molar-refractivity contribution is 5.76. The maximum Gasteiger partial charge on any atom is 0.318 e. The molecule has 0 atom stereocenters. The van der Waals surface area contributed by atoms with E-state index in [9.17, 15) is 4.79 Å². The monoisotopic (exact) mass is 342 g/mol. The Kier molecular flexibility index (Phi) is 5.68. The fourth-order valence-corrected chi connectivity index (χ4v) is 3.02. The van der Waals surface area contributed by atoms with Gasteiger partial charge in [0.25, 0.3) is 0 Å². The van der Waals surface area contributed by atoms with Crippen LogP contribution in [0.5, 0.6) is 0 Å². The first-order valence-electron chi connectivity index (χ1n) is 9.06. The Hall–Kier alpha value is -2.37. The van der Waals surface area contributed by atoms with Crippen LogP contribution in [0, 0.1) is 6.92 Å². The summed E-state index contributed by atoms with van der Waals surface area (Å²) in [4.78, 5) is 16.4. The molecular formula is C19H26N4O2. The molecule has 6 nitrogen and oxygen atoms in total. The van der Waals surface area contributed by atoms with Crippen molar-refractivity contribution in [1.82, 2.24) is 15.1 Å². The molecule has 1 aromatic carbocycles. The molecule has 0 unspecified atom stereocenters. The number of rotatable bonds is 6. The highest BCUT2D eigenvalue weighted by Gasteiger charge is 2.23. The molecule has 0 radical (unpaired) electrons. The summed E-state index contributed by atoms with van der Waals surface area (Å²) in [7, 11) is 0. The van der Waals surface area contributed by atoms with Gasteiger partial charge < -0.3 is 14.2 Å². The number of aryl methyl sites for hydroxylation is 3. The quantitative estimate of drug-likeness (QED) is 0.807. The molecule has 1 aromatic heterocycles. The Labute approximate surface area is 148 Å². The highest BCUT2D eigenvalue weighted by Crippen LogP contribution is 2.16. The average molecular weight is 342 g/mol. The van der Waals surface area contributed by atoms with Crippen LogP contribution in [0.25, 0.3) is 0 Å². The Balaban J connectivity index is 1.41. The smallest absolute Gasteiger partial charge is 0.318 e. The van der Waals surface area contributed by atoms with Crippen LogP contribution in [0.4, 0.5) is 6.01 Å². The lowest BCUT2D eigenvalue weighted by molar-refractivity contribution is -0.131. The van der Waals surface area contributed by atoms with E-state index in [0.29, 0.717) is 31.4 Å². The number of benzene rings is 1. The van der Waals surface area contributed by atoms with Crippen molar-refractivity contribution in [2.75, 3.05) is 31.1 Å². The van der Waals surface area contributed by atoms with Crippen molar-refractivity contribution in [3.05, 3.63) is 41.3 Å². The number of aromatic nitrogens is 2. The van der Waals surface area contributed by atoms with Gasteiger partial charge in [-0.1, -0.05) is 41.9 Å². The van der Waals surface area contributed by atoms with Gasteiger partial charge in [0.05, 0.1) is 0 Å². The maximum absolute atomic E-state index is 12.4. The van der Waals surface area contributed by atoms with E-state index in [4.69, 9.17) is 4.42 Å². The standard InChI is InChI=1S/C19H26N4O2/c1-3-17-20-21-19(25-17)23-13-11-22(12-14-23)18(24)6-4-5-16-9-7-15(2)8-10-16/h7-10H,3-6,11-14H2,1-2H3. The van der Waals surface area contributed by atoms with Crippen LogP contribution >= 0.6 is 0 Å². The van der Waals surface area contributed by atoms with Crippen molar-refractivity contribution in [1.29, 1.82) is 0 Å². The number of anilines is 1. The minimum Gasteiger partial charge on any atom is -0.408 e. The maximum atomic E-state index is 12.4.